The van der Waals surface area contributed by atoms with Crippen LogP contribution in [-0.4, -0.2) is 0 Å². The summed E-state index contributed by atoms with van der Waals surface area (Å²) >= 11 is 0. The summed E-state index contributed by atoms with van der Waals surface area (Å²) in [7, 11) is 2.15. The van der Waals surface area contributed by atoms with Crippen LogP contribution in [0.4, 0.5) is 0 Å². The summed E-state index contributed by atoms with van der Waals surface area (Å²) < 4.78 is 2.29. The van der Waals surface area contributed by atoms with Crippen LogP contribution in [-0.2, 0) is 7.05 Å². The SMILES string of the molecule is CC1=CC=CC(C)C=C1c1ccc2ccccc2[n+]1C. The third kappa shape index (κ3) is 2.20. The Morgan fingerprint density at radius 1 is 1.05 bits per heavy atom. The topological polar surface area (TPSA) is 3.88 Å². The van der Waals surface area contributed by atoms with Gasteiger partial charge in [0.1, 0.15) is 7.05 Å². The molecule has 0 aliphatic heterocycles. The van der Waals surface area contributed by atoms with Gasteiger partial charge in [0.05, 0.1) is 0 Å². The molecule has 2 aromatic rings. The molecule has 0 radical (unpaired) electrons. The molecule has 100 valence electrons. The fourth-order valence-corrected chi connectivity index (χ4v) is 2.82. The van der Waals surface area contributed by atoms with Gasteiger partial charge in [-0.25, -0.2) is 0 Å². The van der Waals surface area contributed by atoms with Crippen molar-refractivity contribution >= 4 is 16.5 Å². The van der Waals surface area contributed by atoms with Crippen molar-refractivity contribution in [3.05, 3.63) is 72.0 Å². The summed E-state index contributed by atoms with van der Waals surface area (Å²) in [6, 6.07) is 13.0. The monoisotopic (exact) mass is 262 g/mol. The van der Waals surface area contributed by atoms with E-state index in [1.807, 2.05) is 0 Å². The Hall–Kier alpha value is -2.15. The smallest absolute Gasteiger partial charge is 0.194 e. The molecule has 0 saturated carbocycles. The molecule has 1 heterocycles. The van der Waals surface area contributed by atoms with E-state index in [1.165, 1.54) is 27.7 Å². The van der Waals surface area contributed by atoms with Crippen molar-refractivity contribution in [2.24, 2.45) is 13.0 Å². The maximum absolute atomic E-state index is 2.35. The summed E-state index contributed by atoms with van der Waals surface area (Å²) in [6.07, 6.45) is 8.94. The molecule has 0 bridgehead atoms. The highest BCUT2D eigenvalue weighted by atomic mass is 14.9. The lowest BCUT2D eigenvalue weighted by atomic mass is 9.99. The van der Waals surface area contributed by atoms with E-state index in [4.69, 9.17) is 0 Å². The molecule has 1 aliphatic carbocycles. The van der Waals surface area contributed by atoms with E-state index in [1.54, 1.807) is 0 Å². The Bertz CT molecular complexity index is 747. The van der Waals surface area contributed by atoms with Gasteiger partial charge in [-0.2, -0.15) is 4.57 Å². The van der Waals surface area contributed by atoms with E-state index in [0.717, 1.165) is 0 Å². The van der Waals surface area contributed by atoms with Crippen molar-refractivity contribution in [1.82, 2.24) is 0 Å². The summed E-state index contributed by atoms with van der Waals surface area (Å²) in [4.78, 5) is 0. The van der Waals surface area contributed by atoms with E-state index in [-0.39, 0.29) is 0 Å². The van der Waals surface area contributed by atoms with Crippen molar-refractivity contribution in [3.63, 3.8) is 0 Å². The van der Waals surface area contributed by atoms with Crippen LogP contribution in [0.2, 0.25) is 0 Å². The largest absolute Gasteiger partial charge is 0.212 e. The van der Waals surface area contributed by atoms with Crippen LogP contribution in [0.25, 0.3) is 16.5 Å². The van der Waals surface area contributed by atoms with Crippen molar-refractivity contribution < 1.29 is 4.57 Å². The van der Waals surface area contributed by atoms with Gasteiger partial charge in [0, 0.05) is 23.1 Å². The summed E-state index contributed by atoms with van der Waals surface area (Å²) in [6.45, 7) is 4.41. The predicted octanol–water partition coefficient (Wildman–Crippen LogP) is 4.20. The molecule has 0 amide bonds. The minimum Gasteiger partial charge on any atom is -0.194 e. The van der Waals surface area contributed by atoms with E-state index < -0.39 is 0 Å². The van der Waals surface area contributed by atoms with Gasteiger partial charge in [-0.3, -0.25) is 0 Å². The van der Waals surface area contributed by atoms with Crippen LogP contribution in [0, 0.1) is 5.92 Å². The fraction of sp³-hybridized carbons (Fsp3) is 0.211. The Balaban J connectivity index is 2.22. The van der Waals surface area contributed by atoms with E-state index in [0.29, 0.717) is 5.92 Å². The van der Waals surface area contributed by atoms with Crippen molar-refractivity contribution in [1.29, 1.82) is 0 Å². The van der Waals surface area contributed by atoms with Crippen LogP contribution in [0.15, 0.2) is 66.3 Å². The zero-order valence-corrected chi connectivity index (χ0v) is 12.3. The van der Waals surface area contributed by atoms with Crippen LogP contribution in [0.1, 0.15) is 19.5 Å². The van der Waals surface area contributed by atoms with Crippen LogP contribution in [0.5, 0.6) is 0 Å². The number of rotatable bonds is 1. The molecule has 0 fully saturated rings. The zero-order valence-electron chi connectivity index (χ0n) is 12.3. The summed E-state index contributed by atoms with van der Waals surface area (Å²) in [5.41, 5.74) is 5.18. The minimum absolute atomic E-state index is 0.463. The molecular formula is C19H20N+. The lowest BCUT2D eigenvalue weighted by Crippen LogP contribution is -2.34. The highest BCUT2D eigenvalue weighted by molar-refractivity contribution is 5.81. The molecule has 20 heavy (non-hydrogen) atoms. The molecule has 0 spiro atoms. The van der Waals surface area contributed by atoms with Gasteiger partial charge in [0.25, 0.3) is 0 Å². The van der Waals surface area contributed by atoms with Crippen LogP contribution >= 0.6 is 0 Å². The molecule has 1 aromatic heterocycles. The molecule has 1 aromatic carbocycles. The van der Waals surface area contributed by atoms with E-state index in [2.05, 4.69) is 86.2 Å². The maximum atomic E-state index is 2.35. The fourth-order valence-electron chi connectivity index (χ4n) is 2.82. The Morgan fingerprint density at radius 2 is 1.85 bits per heavy atom. The second-order valence-corrected chi connectivity index (χ2v) is 5.51. The first-order valence-electron chi connectivity index (χ1n) is 7.12. The molecule has 1 atom stereocenters. The van der Waals surface area contributed by atoms with Crippen LogP contribution in [0.3, 0.4) is 0 Å². The number of para-hydroxylation sites is 1. The first kappa shape index (κ1) is 12.9. The Kier molecular flexibility index (Phi) is 3.27. The number of nitrogens with zero attached hydrogens (tertiary/aromatic N) is 1. The highest BCUT2D eigenvalue weighted by Gasteiger charge is 2.18. The number of benzene rings is 1. The number of aromatic nitrogens is 1. The first-order valence-corrected chi connectivity index (χ1v) is 7.12. The van der Waals surface area contributed by atoms with Gasteiger partial charge < -0.3 is 0 Å². The normalized spacial score (nSPS) is 18.6. The van der Waals surface area contributed by atoms with E-state index in [9.17, 15) is 0 Å². The molecule has 1 unspecified atom stereocenters. The Morgan fingerprint density at radius 3 is 2.70 bits per heavy atom. The molecule has 1 heteroatoms. The van der Waals surface area contributed by atoms with Gasteiger partial charge in [-0.05, 0) is 30.5 Å². The number of pyridine rings is 1. The molecule has 3 rings (SSSR count). The number of aryl methyl sites for hydroxylation is 1. The Labute approximate surface area is 120 Å². The predicted molar refractivity (Wildman–Crippen MR) is 85.2 cm³/mol. The van der Waals surface area contributed by atoms with Crippen molar-refractivity contribution in [2.75, 3.05) is 0 Å². The summed E-state index contributed by atoms with van der Waals surface area (Å²) in [5.74, 6) is 0.463. The molecule has 0 N–H and O–H groups in total. The lowest BCUT2D eigenvalue weighted by molar-refractivity contribution is -0.647. The third-order valence-electron chi connectivity index (χ3n) is 3.97. The van der Waals surface area contributed by atoms with Gasteiger partial charge >= 0.3 is 0 Å². The average Bonchev–Trinajstić information content (AvgIpc) is 2.61. The molecule has 0 saturated heterocycles. The molecular weight excluding hydrogens is 242 g/mol. The highest BCUT2D eigenvalue weighted by Crippen LogP contribution is 2.26. The zero-order chi connectivity index (χ0) is 14.1. The minimum atomic E-state index is 0.463. The van der Waals surface area contributed by atoms with Gasteiger partial charge in [0.2, 0.25) is 11.2 Å². The first-order chi connectivity index (χ1) is 9.66. The van der Waals surface area contributed by atoms with E-state index >= 15 is 0 Å². The maximum Gasteiger partial charge on any atom is 0.212 e. The molecule has 1 aliphatic rings. The second-order valence-electron chi connectivity index (χ2n) is 5.51. The van der Waals surface area contributed by atoms with Crippen molar-refractivity contribution in [3.8, 4) is 0 Å². The number of fused-ring (bicyclic) bond motifs is 1. The second kappa shape index (κ2) is 5.09. The third-order valence-corrected chi connectivity index (χ3v) is 3.97. The summed E-state index contributed by atoms with van der Waals surface area (Å²) in [5, 5.41) is 1.28. The van der Waals surface area contributed by atoms with Crippen LogP contribution < -0.4 is 4.57 Å². The average molecular weight is 262 g/mol. The standard InChI is InChI=1S/C19H20N/c1-14-7-6-8-15(2)17(13-14)19-12-11-16-9-4-5-10-18(16)20(19)3/h4-14H,1-3H3/q+1. The van der Waals surface area contributed by atoms with Gasteiger partial charge in [0.15, 0.2) is 0 Å². The number of hydrogen-bond acceptors (Lipinski definition) is 0. The quantitative estimate of drug-likeness (QED) is 0.678. The number of hydrogen-bond donors (Lipinski definition) is 0. The van der Waals surface area contributed by atoms with Gasteiger partial charge in [-0.15, -0.1) is 0 Å². The number of allylic oxidation sites excluding steroid dienone is 6. The van der Waals surface area contributed by atoms with Crippen molar-refractivity contribution in [2.45, 2.75) is 13.8 Å². The lowest BCUT2D eigenvalue weighted by Gasteiger charge is -2.08. The molecule has 1 nitrogen and oxygen atoms in total. The van der Waals surface area contributed by atoms with Gasteiger partial charge in [-0.1, -0.05) is 43.4 Å².